The number of pyridine rings is 1. The Morgan fingerprint density at radius 1 is 0.925 bits per heavy atom. The Morgan fingerprint density at radius 3 is 2.35 bits per heavy atom. The van der Waals surface area contributed by atoms with Gasteiger partial charge in [-0.15, -0.1) is 0 Å². The summed E-state index contributed by atoms with van der Waals surface area (Å²) in [5.41, 5.74) is 5.67. The topological polar surface area (TPSA) is 81.9 Å². The second kappa shape index (κ2) is 12.1. The summed E-state index contributed by atoms with van der Waals surface area (Å²) in [4.78, 5) is 30.2. The van der Waals surface area contributed by atoms with Crippen molar-refractivity contribution in [3.8, 4) is 16.9 Å². The number of amides is 1. The van der Waals surface area contributed by atoms with Crippen molar-refractivity contribution < 1.29 is 19.1 Å². The van der Waals surface area contributed by atoms with Crippen molar-refractivity contribution in [2.75, 3.05) is 7.11 Å². The molecule has 2 heterocycles. The van der Waals surface area contributed by atoms with Gasteiger partial charge in [-0.05, 0) is 60.0 Å². The number of halogens is 1. The van der Waals surface area contributed by atoms with Gasteiger partial charge in [0.15, 0.2) is 0 Å². The number of imidazole rings is 1. The molecular formula is C32H28ClN3O4. The van der Waals surface area contributed by atoms with E-state index in [1.807, 2.05) is 102 Å². The molecule has 0 unspecified atom stereocenters. The van der Waals surface area contributed by atoms with Crippen LogP contribution in [0.3, 0.4) is 0 Å². The number of esters is 1. The first-order valence-electron chi connectivity index (χ1n) is 12.8. The van der Waals surface area contributed by atoms with E-state index in [0.29, 0.717) is 23.0 Å². The van der Waals surface area contributed by atoms with Crippen LogP contribution < -0.4 is 10.1 Å². The average Bonchev–Trinajstić information content (AvgIpc) is 3.43. The number of nitrogens with zero attached hydrogens (tertiary/aromatic N) is 2. The van der Waals surface area contributed by atoms with E-state index in [9.17, 15) is 9.59 Å². The van der Waals surface area contributed by atoms with Gasteiger partial charge in [-0.2, -0.15) is 0 Å². The minimum Gasteiger partial charge on any atom is -0.489 e. The third-order valence-electron chi connectivity index (χ3n) is 6.67. The molecule has 0 aliphatic heterocycles. The van der Waals surface area contributed by atoms with Gasteiger partial charge in [-0.3, -0.25) is 4.79 Å². The Bertz CT molecular complexity index is 1630. The number of carbonyl (C=O) groups is 2. The van der Waals surface area contributed by atoms with Gasteiger partial charge in [0.1, 0.15) is 29.7 Å². The van der Waals surface area contributed by atoms with Crippen LogP contribution >= 0.6 is 11.6 Å². The number of methoxy groups -OCH3 is 1. The van der Waals surface area contributed by atoms with E-state index in [1.165, 1.54) is 7.11 Å². The fraction of sp³-hybridized carbons (Fsp3) is 0.156. The van der Waals surface area contributed by atoms with Crippen LogP contribution in [0, 0.1) is 6.92 Å². The number of hydrogen-bond acceptors (Lipinski definition) is 5. The molecule has 0 saturated heterocycles. The van der Waals surface area contributed by atoms with Crippen LogP contribution in [0.15, 0.2) is 97.2 Å². The normalized spacial score (nSPS) is 11.7. The third-order valence-corrected chi connectivity index (χ3v) is 6.93. The van der Waals surface area contributed by atoms with Gasteiger partial charge in [-0.25, -0.2) is 9.78 Å². The first kappa shape index (κ1) is 27.0. The van der Waals surface area contributed by atoms with Crippen molar-refractivity contribution >= 4 is 29.1 Å². The monoisotopic (exact) mass is 553 g/mol. The van der Waals surface area contributed by atoms with Gasteiger partial charge in [0, 0.05) is 28.9 Å². The van der Waals surface area contributed by atoms with Gasteiger partial charge >= 0.3 is 5.97 Å². The van der Waals surface area contributed by atoms with Crippen LogP contribution in [-0.2, 0) is 22.6 Å². The zero-order chi connectivity index (χ0) is 28.1. The molecule has 0 saturated carbocycles. The van der Waals surface area contributed by atoms with Crippen molar-refractivity contribution in [2.45, 2.75) is 26.0 Å². The Balaban J connectivity index is 1.29. The van der Waals surface area contributed by atoms with Crippen molar-refractivity contribution in [1.29, 1.82) is 0 Å². The van der Waals surface area contributed by atoms with Gasteiger partial charge in [-0.1, -0.05) is 66.2 Å². The Kier molecular flexibility index (Phi) is 8.12. The van der Waals surface area contributed by atoms with Gasteiger partial charge in [0.25, 0.3) is 5.91 Å². The standard InChI is InChI=1S/C32H28ClN3O4/c1-21-27(24-10-12-25(33)13-11-24)16-17-30-34-29(19-36(21)30)31(37)35-28(32(38)39-2)18-22-8-14-26(15-9-22)40-20-23-6-4-3-5-7-23/h3-17,19,28H,18,20H2,1-2H3,(H,35,37)/t28-/m0/s1. The Labute approximate surface area is 237 Å². The fourth-order valence-corrected chi connectivity index (χ4v) is 4.63. The van der Waals surface area contributed by atoms with E-state index < -0.39 is 17.9 Å². The molecule has 5 rings (SSSR count). The lowest BCUT2D eigenvalue weighted by Crippen LogP contribution is -2.43. The molecule has 2 aromatic heterocycles. The molecule has 0 bridgehead atoms. The summed E-state index contributed by atoms with van der Waals surface area (Å²) < 4.78 is 12.7. The minimum absolute atomic E-state index is 0.204. The van der Waals surface area contributed by atoms with E-state index in [-0.39, 0.29) is 12.1 Å². The number of fused-ring (bicyclic) bond motifs is 1. The largest absolute Gasteiger partial charge is 0.489 e. The highest BCUT2D eigenvalue weighted by Gasteiger charge is 2.24. The van der Waals surface area contributed by atoms with E-state index in [0.717, 1.165) is 27.9 Å². The Morgan fingerprint density at radius 2 is 1.65 bits per heavy atom. The van der Waals surface area contributed by atoms with Crippen LogP contribution in [0.4, 0.5) is 0 Å². The quantitative estimate of drug-likeness (QED) is 0.224. The molecule has 40 heavy (non-hydrogen) atoms. The molecule has 0 spiro atoms. The maximum absolute atomic E-state index is 13.2. The maximum Gasteiger partial charge on any atom is 0.328 e. The molecule has 7 nitrogen and oxygen atoms in total. The lowest BCUT2D eigenvalue weighted by Gasteiger charge is -2.16. The predicted octanol–water partition coefficient (Wildman–Crippen LogP) is 6.06. The highest BCUT2D eigenvalue weighted by molar-refractivity contribution is 6.30. The van der Waals surface area contributed by atoms with E-state index in [1.54, 1.807) is 6.20 Å². The number of aromatic nitrogens is 2. The second-order valence-electron chi connectivity index (χ2n) is 9.37. The molecule has 1 N–H and O–H groups in total. The van der Waals surface area contributed by atoms with E-state index >= 15 is 0 Å². The fourth-order valence-electron chi connectivity index (χ4n) is 4.50. The van der Waals surface area contributed by atoms with E-state index in [2.05, 4.69) is 10.3 Å². The van der Waals surface area contributed by atoms with Crippen molar-refractivity contribution in [3.63, 3.8) is 0 Å². The minimum atomic E-state index is -0.885. The average molecular weight is 554 g/mol. The summed E-state index contributed by atoms with van der Waals surface area (Å²) in [5.74, 6) is -0.290. The molecule has 0 aliphatic carbocycles. The molecule has 202 valence electrons. The SMILES string of the molecule is COC(=O)[C@H](Cc1ccc(OCc2ccccc2)cc1)NC(=O)c1cn2c(C)c(-c3ccc(Cl)cc3)ccc2n1. The molecule has 8 heteroatoms. The van der Waals surface area contributed by atoms with Gasteiger partial charge in [0.05, 0.1) is 7.11 Å². The lowest BCUT2D eigenvalue weighted by molar-refractivity contribution is -0.142. The maximum atomic E-state index is 13.2. The first-order valence-corrected chi connectivity index (χ1v) is 13.2. The highest BCUT2D eigenvalue weighted by atomic mass is 35.5. The van der Waals surface area contributed by atoms with Gasteiger partial charge in [0.2, 0.25) is 0 Å². The number of hydrogen-bond donors (Lipinski definition) is 1. The lowest BCUT2D eigenvalue weighted by atomic mass is 10.0. The highest BCUT2D eigenvalue weighted by Crippen LogP contribution is 2.26. The smallest absolute Gasteiger partial charge is 0.328 e. The Hall–Kier alpha value is -4.62. The molecule has 0 radical (unpaired) electrons. The summed E-state index contributed by atoms with van der Waals surface area (Å²) in [6.07, 6.45) is 1.93. The summed E-state index contributed by atoms with van der Waals surface area (Å²) >= 11 is 6.04. The number of rotatable bonds is 9. The molecular weight excluding hydrogens is 526 g/mol. The molecule has 0 aliphatic rings. The van der Waals surface area contributed by atoms with Crippen molar-refractivity contribution in [3.05, 3.63) is 125 Å². The summed E-state index contributed by atoms with van der Waals surface area (Å²) in [6.45, 7) is 2.42. The summed E-state index contributed by atoms with van der Waals surface area (Å²) in [7, 11) is 1.30. The van der Waals surface area contributed by atoms with Crippen molar-refractivity contribution in [1.82, 2.24) is 14.7 Å². The van der Waals surface area contributed by atoms with Crippen molar-refractivity contribution in [2.24, 2.45) is 0 Å². The predicted molar refractivity (Wildman–Crippen MR) is 155 cm³/mol. The number of carbonyl (C=O) groups excluding carboxylic acids is 2. The number of nitrogens with one attached hydrogen (secondary N) is 1. The van der Waals surface area contributed by atoms with Crippen LogP contribution in [0.25, 0.3) is 16.8 Å². The molecule has 5 aromatic rings. The van der Waals surface area contributed by atoms with Crippen LogP contribution in [0.2, 0.25) is 5.02 Å². The van der Waals surface area contributed by atoms with Crippen LogP contribution in [0.5, 0.6) is 5.75 Å². The molecule has 1 amide bonds. The summed E-state index contributed by atoms with van der Waals surface area (Å²) in [5, 5.41) is 3.45. The van der Waals surface area contributed by atoms with E-state index in [4.69, 9.17) is 21.1 Å². The first-order chi connectivity index (χ1) is 19.4. The molecule has 1 atom stereocenters. The van der Waals surface area contributed by atoms with Crippen LogP contribution in [0.1, 0.15) is 27.3 Å². The summed E-state index contributed by atoms with van der Waals surface area (Å²) in [6, 6.07) is 27.8. The second-order valence-corrected chi connectivity index (χ2v) is 9.80. The zero-order valence-corrected chi connectivity index (χ0v) is 22.9. The number of benzene rings is 3. The van der Waals surface area contributed by atoms with Gasteiger partial charge < -0.3 is 19.2 Å². The molecule has 3 aromatic carbocycles. The molecule has 0 fully saturated rings. The zero-order valence-electron chi connectivity index (χ0n) is 22.1. The number of aryl methyl sites for hydroxylation is 1. The number of ether oxygens (including phenoxy) is 2. The van der Waals surface area contributed by atoms with Crippen LogP contribution in [-0.4, -0.2) is 34.4 Å². The third kappa shape index (κ3) is 6.16.